The van der Waals surface area contributed by atoms with E-state index in [-0.39, 0.29) is 12.8 Å². The van der Waals surface area contributed by atoms with Crippen LogP contribution >= 0.6 is 0 Å². The smallest absolute Gasteiger partial charge is 0.404 e. The number of alkyl halides is 3. The molecule has 80 valence electrons. The Kier molecular flexibility index (Phi) is 1.71. The zero-order chi connectivity index (χ0) is 10.6. The third kappa shape index (κ3) is 1.07. The van der Waals surface area contributed by atoms with E-state index >= 15 is 0 Å². The Morgan fingerprint density at radius 2 is 1.71 bits per heavy atom. The molecule has 14 heavy (non-hydrogen) atoms. The Morgan fingerprint density at radius 3 is 2.07 bits per heavy atom. The fourth-order valence-electron chi connectivity index (χ4n) is 2.23. The van der Waals surface area contributed by atoms with Crippen LogP contribution in [0.2, 0.25) is 0 Å². The van der Waals surface area contributed by atoms with E-state index in [2.05, 4.69) is 0 Å². The molecule has 3 fully saturated rings. The lowest BCUT2D eigenvalue weighted by molar-refractivity contribution is -0.278. The molecule has 2 bridgehead atoms. The summed E-state index contributed by atoms with van der Waals surface area (Å²) in [7, 11) is 0. The van der Waals surface area contributed by atoms with Gasteiger partial charge in [0.15, 0.2) is 5.41 Å². The SMILES string of the molecule is CC12CCC(C(F)(F)F)(CC1)C(=O)O2. The summed E-state index contributed by atoms with van der Waals surface area (Å²) in [4.78, 5) is 11.3. The molecule has 2 saturated heterocycles. The first kappa shape index (κ1) is 9.80. The summed E-state index contributed by atoms with van der Waals surface area (Å²) in [6.45, 7) is 1.70. The van der Waals surface area contributed by atoms with Crippen molar-refractivity contribution in [1.29, 1.82) is 0 Å². The Bertz CT molecular complexity index is 274. The van der Waals surface area contributed by atoms with Crippen molar-refractivity contribution in [2.45, 2.75) is 44.4 Å². The van der Waals surface area contributed by atoms with Gasteiger partial charge in [0, 0.05) is 0 Å². The molecular weight excluding hydrogens is 197 g/mol. The van der Waals surface area contributed by atoms with Crippen molar-refractivity contribution >= 4 is 5.97 Å². The molecule has 2 nitrogen and oxygen atoms in total. The van der Waals surface area contributed by atoms with Gasteiger partial charge in [-0.3, -0.25) is 4.79 Å². The number of fused-ring (bicyclic) bond motifs is 3. The Hall–Kier alpha value is -0.740. The van der Waals surface area contributed by atoms with Gasteiger partial charge in [0.05, 0.1) is 0 Å². The van der Waals surface area contributed by atoms with Crippen LogP contribution in [0.5, 0.6) is 0 Å². The molecule has 0 amide bonds. The van der Waals surface area contributed by atoms with E-state index in [1.54, 1.807) is 6.92 Å². The Labute approximate surface area is 79.4 Å². The van der Waals surface area contributed by atoms with Gasteiger partial charge in [-0.2, -0.15) is 13.2 Å². The van der Waals surface area contributed by atoms with Crippen LogP contribution in [-0.4, -0.2) is 17.7 Å². The highest BCUT2D eigenvalue weighted by Gasteiger charge is 2.67. The van der Waals surface area contributed by atoms with Crippen molar-refractivity contribution in [3.05, 3.63) is 0 Å². The van der Waals surface area contributed by atoms with Gasteiger partial charge < -0.3 is 4.74 Å². The van der Waals surface area contributed by atoms with Crippen LogP contribution in [0.25, 0.3) is 0 Å². The molecule has 2 aliphatic heterocycles. The zero-order valence-electron chi connectivity index (χ0n) is 7.78. The molecule has 2 heterocycles. The molecule has 3 rings (SSSR count). The summed E-state index contributed by atoms with van der Waals surface area (Å²) in [5.41, 5.74) is -2.85. The van der Waals surface area contributed by atoms with Crippen LogP contribution in [0.15, 0.2) is 0 Å². The van der Waals surface area contributed by atoms with Crippen molar-refractivity contribution in [2.24, 2.45) is 5.41 Å². The highest BCUT2D eigenvalue weighted by Crippen LogP contribution is 2.56. The van der Waals surface area contributed by atoms with Gasteiger partial charge in [-0.25, -0.2) is 0 Å². The molecule has 0 unspecified atom stereocenters. The molecule has 0 atom stereocenters. The molecule has 1 saturated carbocycles. The van der Waals surface area contributed by atoms with Crippen molar-refractivity contribution < 1.29 is 22.7 Å². The van der Waals surface area contributed by atoms with E-state index < -0.39 is 23.2 Å². The maximum atomic E-state index is 12.7. The molecule has 0 radical (unpaired) electrons. The molecule has 1 aliphatic carbocycles. The maximum Gasteiger partial charge on any atom is 0.404 e. The fourth-order valence-corrected chi connectivity index (χ4v) is 2.23. The van der Waals surface area contributed by atoms with E-state index in [1.807, 2.05) is 0 Å². The van der Waals surface area contributed by atoms with E-state index in [1.165, 1.54) is 0 Å². The van der Waals surface area contributed by atoms with Crippen molar-refractivity contribution in [2.75, 3.05) is 0 Å². The topological polar surface area (TPSA) is 26.3 Å². The van der Waals surface area contributed by atoms with Gasteiger partial charge in [0.1, 0.15) is 5.60 Å². The second-order valence-corrected chi connectivity index (χ2v) is 4.42. The maximum absolute atomic E-state index is 12.7. The van der Waals surface area contributed by atoms with E-state index in [9.17, 15) is 18.0 Å². The molecule has 5 heteroatoms. The van der Waals surface area contributed by atoms with E-state index in [4.69, 9.17) is 4.74 Å². The predicted octanol–water partition coefficient (Wildman–Crippen LogP) is 2.42. The van der Waals surface area contributed by atoms with Crippen molar-refractivity contribution in [3.63, 3.8) is 0 Å². The number of esters is 1. The Balaban J connectivity index is 2.35. The van der Waals surface area contributed by atoms with Gasteiger partial charge in [0.25, 0.3) is 0 Å². The second-order valence-electron chi connectivity index (χ2n) is 4.42. The highest BCUT2D eigenvalue weighted by molar-refractivity contribution is 5.80. The van der Waals surface area contributed by atoms with Gasteiger partial charge >= 0.3 is 12.1 Å². The minimum absolute atomic E-state index is 0.119. The standard InChI is InChI=1S/C9H11F3O2/c1-7-2-4-8(5-3-7,6(13)14-7)9(10,11)12/h2-5H2,1H3. The quantitative estimate of drug-likeness (QED) is 0.571. The number of hydrogen-bond acceptors (Lipinski definition) is 2. The average molecular weight is 208 g/mol. The van der Waals surface area contributed by atoms with E-state index in [0.29, 0.717) is 12.8 Å². The lowest BCUT2D eigenvalue weighted by atomic mass is 9.65. The van der Waals surface area contributed by atoms with Crippen LogP contribution in [0.4, 0.5) is 13.2 Å². The number of ether oxygens (including phenoxy) is 1. The van der Waals surface area contributed by atoms with Crippen molar-refractivity contribution in [1.82, 2.24) is 0 Å². The summed E-state index contributed by atoms with van der Waals surface area (Å²) >= 11 is 0. The summed E-state index contributed by atoms with van der Waals surface area (Å²) in [5, 5.41) is 0. The lowest BCUT2D eigenvalue weighted by Crippen LogP contribution is -2.59. The van der Waals surface area contributed by atoms with Crippen molar-refractivity contribution in [3.8, 4) is 0 Å². The fraction of sp³-hybridized carbons (Fsp3) is 0.889. The van der Waals surface area contributed by atoms with Gasteiger partial charge in [-0.15, -0.1) is 0 Å². The average Bonchev–Trinajstić information content (AvgIpc) is 2.01. The Morgan fingerprint density at radius 1 is 1.21 bits per heavy atom. The largest absolute Gasteiger partial charge is 0.459 e. The molecule has 0 aromatic carbocycles. The number of rotatable bonds is 0. The zero-order valence-corrected chi connectivity index (χ0v) is 7.78. The van der Waals surface area contributed by atoms with Crippen LogP contribution in [0.1, 0.15) is 32.6 Å². The van der Waals surface area contributed by atoms with Crippen LogP contribution in [0.3, 0.4) is 0 Å². The predicted molar refractivity (Wildman–Crippen MR) is 41.5 cm³/mol. The molecule has 3 aliphatic rings. The molecule has 0 aromatic rings. The minimum atomic E-state index is -4.47. The number of carbonyl (C=O) groups is 1. The first-order valence-corrected chi connectivity index (χ1v) is 4.59. The number of carbonyl (C=O) groups excluding carboxylic acids is 1. The normalized spacial score (nSPS) is 42.4. The molecule has 0 N–H and O–H groups in total. The summed E-state index contributed by atoms with van der Waals surface area (Å²) in [5.74, 6) is -1.08. The van der Waals surface area contributed by atoms with Crippen LogP contribution in [-0.2, 0) is 9.53 Å². The third-order valence-electron chi connectivity index (χ3n) is 3.43. The molecule has 0 spiro atoms. The lowest BCUT2D eigenvalue weighted by Gasteiger charge is -2.50. The third-order valence-corrected chi connectivity index (χ3v) is 3.43. The summed E-state index contributed by atoms with van der Waals surface area (Å²) in [6, 6.07) is 0. The van der Waals surface area contributed by atoms with Crippen LogP contribution in [0, 0.1) is 5.41 Å². The summed E-state index contributed by atoms with van der Waals surface area (Å²) in [6.07, 6.45) is -4.07. The molecular formula is C9H11F3O2. The number of hydrogen-bond donors (Lipinski definition) is 0. The summed E-state index contributed by atoms with van der Waals surface area (Å²) < 4.78 is 42.9. The second kappa shape index (κ2) is 2.44. The van der Waals surface area contributed by atoms with Gasteiger partial charge in [-0.1, -0.05) is 0 Å². The van der Waals surface area contributed by atoms with E-state index in [0.717, 1.165) is 0 Å². The van der Waals surface area contributed by atoms with Gasteiger partial charge in [-0.05, 0) is 32.6 Å². The first-order valence-electron chi connectivity index (χ1n) is 4.59. The highest BCUT2D eigenvalue weighted by atomic mass is 19.4. The monoisotopic (exact) mass is 208 g/mol. The minimum Gasteiger partial charge on any atom is -0.459 e. The number of halogens is 3. The van der Waals surface area contributed by atoms with Gasteiger partial charge in [0.2, 0.25) is 0 Å². The molecule has 0 aromatic heterocycles. The first-order chi connectivity index (χ1) is 6.29. The van der Waals surface area contributed by atoms with Crippen LogP contribution < -0.4 is 0 Å².